The predicted molar refractivity (Wildman–Crippen MR) is 178 cm³/mol. The number of likely N-dealkylation sites (N-methyl/N-ethyl adjacent to an activating group) is 1. The summed E-state index contributed by atoms with van der Waals surface area (Å²) in [5.74, 6) is 2.29. The van der Waals surface area contributed by atoms with Crippen molar-refractivity contribution < 1.29 is 0 Å². The maximum Gasteiger partial charge on any atom is 0.151 e. The Hall–Kier alpha value is -2.84. The summed E-state index contributed by atoms with van der Waals surface area (Å²) < 4.78 is 4.59. The summed E-state index contributed by atoms with van der Waals surface area (Å²) in [6, 6.07) is 8.53. The van der Waals surface area contributed by atoms with Crippen molar-refractivity contribution in [3.05, 3.63) is 60.6 Å². The van der Waals surface area contributed by atoms with Gasteiger partial charge in [-0.05, 0) is 86.6 Å². The third-order valence-corrected chi connectivity index (χ3v) is 8.42. The van der Waals surface area contributed by atoms with Gasteiger partial charge in [0.05, 0.1) is 12.2 Å². The number of rotatable bonds is 0. The highest BCUT2D eigenvalue weighted by Gasteiger charge is 2.29. The van der Waals surface area contributed by atoms with Gasteiger partial charge in [-0.15, -0.1) is 0 Å². The zero-order valence-corrected chi connectivity index (χ0v) is 27.4. The number of hydrogen-bond donors (Lipinski definition) is 0. The van der Waals surface area contributed by atoms with E-state index >= 15 is 0 Å². The first-order chi connectivity index (χ1) is 19.1. The van der Waals surface area contributed by atoms with E-state index in [9.17, 15) is 0 Å². The summed E-state index contributed by atoms with van der Waals surface area (Å²) in [4.78, 5) is 18.4. The van der Waals surface area contributed by atoms with Crippen molar-refractivity contribution >= 4 is 11.5 Å². The number of nitrogens with zero attached hydrogens (tertiary/aromatic N) is 8. The maximum absolute atomic E-state index is 4.45. The predicted octanol–water partition coefficient (Wildman–Crippen LogP) is 6.37. The quantitative estimate of drug-likeness (QED) is 0.309. The Bertz CT molecular complexity index is 1190. The van der Waals surface area contributed by atoms with Crippen molar-refractivity contribution in [3.63, 3.8) is 0 Å². The molecule has 0 saturated heterocycles. The van der Waals surface area contributed by atoms with E-state index in [1.165, 1.54) is 23.8 Å². The molecule has 0 saturated carbocycles. The SMILES string of the molecule is C.CC(C)(C)N1CCn2cccc2C1.CC(C)(C)N1CCn2ccnc2C1.CN1CCN(C(C)(C)C)c2cccnc21. The Morgan fingerprint density at radius 1 is 0.619 bits per heavy atom. The minimum Gasteiger partial charge on any atom is -0.362 e. The van der Waals surface area contributed by atoms with E-state index in [0.717, 1.165) is 51.6 Å². The van der Waals surface area contributed by atoms with Gasteiger partial charge in [-0.25, -0.2) is 9.97 Å². The van der Waals surface area contributed by atoms with Crippen LogP contribution in [0.25, 0.3) is 0 Å². The third-order valence-electron chi connectivity index (χ3n) is 8.42. The molecular weight excluding hydrogens is 520 g/mol. The summed E-state index contributed by atoms with van der Waals surface area (Å²) in [5.41, 5.74) is 3.42. The molecule has 0 bridgehead atoms. The standard InChI is InChI=1S/C12H19N3.C11H18N2.C10H17N3.CH4/c1-12(2,3)15-9-8-14(4)11-10(15)6-5-7-13-11;1-11(2,3)13-8-7-12-6-4-5-10(12)9-13;1-10(2,3)13-7-6-12-5-4-11-9(12)8-13;/h5-7H,8-9H2,1-4H3;4-6H,7-9H2,1-3H3;4-5H,6-8H2,1-3H3;1H4. The van der Waals surface area contributed by atoms with Crippen LogP contribution in [0.1, 0.15) is 81.3 Å². The van der Waals surface area contributed by atoms with E-state index in [2.05, 4.69) is 139 Å². The summed E-state index contributed by atoms with van der Waals surface area (Å²) in [6.07, 6.45) is 7.99. The summed E-state index contributed by atoms with van der Waals surface area (Å²) in [6.45, 7) is 29.1. The Kier molecular flexibility index (Phi) is 10.6. The fourth-order valence-corrected chi connectivity index (χ4v) is 5.70. The van der Waals surface area contributed by atoms with Crippen molar-refractivity contribution in [1.29, 1.82) is 0 Å². The summed E-state index contributed by atoms with van der Waals surface area (Å²) in [5, 5.41) is 0. The highest BCUT2D eigenvalue weighted by atomic mass is 15.3. The molecule has 0 N–H and O–H groups in total. The van der Waals surface area contributed by atoms with Gasteiger partial charge in [0.2, 0.25) is 0 Å². The third kappa shape index (κ3) is 8.16. The maximum atomic E-state index is 4.45. The molecule has 0 fully saturated rings. The normalized spacial score (nSPS) is 17.5. The highest BCUT2D eigenvalue weighted by molar-refractivity contribution is 5.69. The topological polar surface area (TPSA) is 48.6 Å². The van der Waals surface area contributed by atoms with Gasteiger partial charge in [-0.2, -0.15) is 0 Å². The van der Waals surface area contributed by atoms with Gasteiger partial charge in [-0.1, -0.05) is 7.43 Å². The van der Waals surface area contributed by atoms with Gasteiger partial charge < -0.3 is 18.9 Å². The Labute approximate surface area is 256 Å². The van der Waals surface area contributed by atoms with Crippen LogP contribution in [0.3, 0.4) is 0 Å². The number of aromatic nitrogens is 4. The van der Waals surface area contributed by atoms with Crippen molar-refractivity contribution in [2.75, 3.05) is 43.0 Å². The van der Waals surface area contributed by atoms with Crippen LogP contribution in [0.5, 0.6) is 0 Å². The van der Waals surface area contributed by atoms with E-state index < -0.39 is 0 Å². The van der Waals surface area contributed by atoms with E-state index in [1.807, 2.05) is 18.5 Å². The minimum atomic E-state index is 0. The van der Waals surface area contributed by atoms with Crippen LogP contribution >= 0.6 is 0 Å². The largest absolute Gasteiger partial charge is 0.362 e. The van der Waals surface area contributed by atoms with E-state index in [0.29, 0.717) is 5.54 Å². The van der Waals surface area contributed by atoms with Crippen LogP contribution in [-0.2, 0) is 26.2 Å². The molecule has 6 heterocycles. The average Bonchev–Trinajstić information content (AvgIpc) is 3.57. The van der Waals surface area contributed by atoms with E-state index in [-0.39, 0.29) is 18.5 Å². The molecule has 3 aliphatic heterocycles. The van der Waals surface area contributed by atoms with Crippen LogP contribution in [0.2, 0.25) is 0 Å². The van der Waals surface area contributed by atoms with Crippen molar-refractivity contribution in [2.24, 2.45) is 0 Å². The molecule has 3 aromatic heterocycles. The van der Waals surface area contributed by atoms with Gasteiger partial charge in [0.15, 0.2) is 5.82 Å². The van der Waals surface area contributed by atoms with Crippen LogP contribution in [0.15, 0.2) is 49.1 Å². The lowest BCUT2D eigenvalue weighted by Gasteiger charge is -2.43. The molecule has 3 aromatic rings. The molecule has 6 rings (SSSR count). The van der Waals surface area contributed by atoms with Gasteiger partial charge in [0.25, 0.3) is 0 Å². The molecule has 0 aromatic carbocycles. The van der Waals surface area contributed by atoms with Crippen molar-refractivity contribution in [3.8, 4) is 0 Å². The first kappa shape index (κ1) is 33.7. The molecule has 0 amide bonds. The molecule has 0 unspecified atom stereocenters. The summed E-state index contributed by atoms with van der Waals surface area (Å²) in [7, 11) is 2.10. The highest BCUT2D eigenvalue weighted by Crippen LogP contribution is 2.34. The van der Waals surface area contributed by atoms with Gasteiger partial charge in [-0.3, -0.25) is 9.80 Å². The van der Waals surface area contributed by atoms with Gasteiger partial charge in [0.1, 0.15) is 5.82 Å². The van der Waals surface area contributed by atoms with E-state index in [4.69, 9.17) is 0 Å². The molecule has 42 heavy (non-hydrogen) atoms. The molecule has 0 atom stereocenters. The van der Waals surface area contributed by atoms with E-state index in [1.54, 1.807) is 0 Å². The Balaban J connectivity index is 0.000000171. The fraction of sp³-hybridized carbons (Fsp3) is 0.647. The second kappa shape index (κ2) is 13.2. The zero-order chi connectivity index (χ0) is 30.0. The number of imidazole rings is 1. The first-order valence-electron chi connectivity index (χ1n) is 15.2. The number of fused-ring (bicyclic) bond motifs is 3. The molecule has 8 nitrogen and oxygen atoms in total. The molecule has 234 valence electrons. The molecule has 3 aliphatic rings. The second-order valence-corrected chi connectivity index (χ2v) is 14.5. The molecule has 0 aliphatic carbocycles. The van der Waals surface area contributed by atoms with Gasteiger partial charge in [0, 0.05) is 100.0 Å². The average molecular weight is 579 g/mol. The smallest absolute Gasteiger partial charge is 0.151 e. The van der Waals surface area contributed by atoms with Crippen LogP contribution in [0.4, 0.5) is 11.5 Å². The molecular formula is C34H58N8. The number of hydrogen-bond acceptors (Lipinski definition) is 6. The van der Waals surface area contributed by atoms with Crippen molar-refractivity contribution in [1.82, 2.24) is 28.9 Å². The fourth-order valence-electron chi connectivity index (χ4n) is 5.70. The molecule has 8 heteroatoms. The van der Waals surface area contributed by atoms with Crippen molar-refractivity contribution in [2.45, 2.75) is 113 Å². The van der Waals surface area contributed by atoms with Crippen LogP contribution in [-0.4, -0.2) is 78.7 Å². The Morgan fingerprint density at radius 3 is 1.90 bits per heavy atom. The first-order valence-corrected chi connectivity index (χ1v) is 15.2. The lowest BCUT2D eigenvalue weighted by molar-refractivity contribution is 0.100. The number of anilines is 2. The minimum absolute atomic E-state index is 0. The van der Waals surface area contributed by atoms with Crippen LogP contribution in [0, 0.1) is 0 Å². The number of pyridine rings is 1. The molecule has 0 radical (unpaired) electrons. The summed E-state index contributed by atoms with van der Waals surface area (Å²) >= 11 is 0. The zero-order valence-electron chi connectivity index (χ0n) is 27.4. The monoisotopic (exact) mass is 578 g/mol. The Morgan fingerprint density at radius 2 is 1.26 bits per heavy atom. The lowest BCUT2D eigenvalue weighted by atomic mass is 10.0. The molecule has 0 spiro atoms. The second-order valence-electron chi connectivity index (χ2n) is 14.5. The van der Waals surface area contributed by atoms with Crippen LogP contribution < -0.4 is 9.80 Å². The van der Waals surface area contributed by atoms with Gasteiger partial charge >= 0.3 is 0 Å². The lowest BCUT2D eigenvalue weighted by Crippen LogP contribution is -2.49.